The summed E-state index contributed by atoms with van der Waals surface area (Å²) in [5, 5.41) is 0. The average molecular weight is 571 g/mol. The molecule has 0 unspecified atom stereocenters. The molecule has 2 aromatic carbocycles. The van der Waals surface area contributed by atoms with E-state index >= 15 is 0 Å². The summed E-state index contributed by atoms with van der Waals surface area (Å²) in [4.78, 5) is 0. The van der Waals surface area contributed by atoms with E-state index in [1.54, 1.807) is 0 Å². The number of aryl methyl sites for hydroxylation is 2. The number of allylic oxidation sites excluding steroid dienone is 4. The fourth-order valence-electron chi connectivity index (χ4n) is 6.93. The van der Waals surface area contributed by atoms with Crippen LogP contribution in [0.4, 0.5) is 0 Å². The van der Waals surface area contributed by atoms with E-state index in [0.29, 0.717) is 0 Å². The third kappa shape index (κ3) is 3.61. The summed E-state index contributed by atoms with van der Waals surface area (Å²) in [5.74, 6) is 8.40. The first-order chi connectivity index (χ1) is 17.1. The Balaban J connectivity index is 0.000000669. The predicted molar refractivity (Wildman–Crippen MR) is 142 cm³/mol. The Bertz CT molecular complexity index is 1170. The van der Waals surface area contributed by atoms with Crippen LogP contribution >= 0.6 is 17.0 Å². The van der Waals surface area contributed by atoms with Crippen LogP contribution < -0.4 is 0 Å². The number of fused-ring (bicyclic) bond motifs is 4. The van der Waals surface area contributed by atoms with E-state index in [1.807, 2.05) is 0 Å². The molecule has 0 heterocycles. The van der Waals surface area contributed by atoms with Gasteiger partial charge in [-0.2, -0.15) is 0 Å². The van der Waals surface area contributed by atoms with Gasteiger partial charge in [-0.25, -0.2) is 0 Å². The molecule has 0 saturated heterocycles. The topological polar surface area (TPSA) is 0 Å². The molecule has 2 aromatic rings. The second-order valence-corrected chi connectivity index (χ2v) is 14.0. The quantitative estimate of drug-likeness (QED) is 0.323. The molecular formula is C32H24Cl2Zr+2. The van der Waals surface area contributed by atoms with Crippen LogP contribution in [-0.2, 0) is 33.7 Å². The molecule has 0 spiro atoms. The molecule has 2 fully saturated rings. The standard InChI is InChI=1S/C32H24.2ClH.Zr/c1-17-11-23-15-21-5-3-19-7-9-25(31(29(19)21)27(23)13-17)26-10-8-20-4-6-22-16-24-12-18(2)14-28(24)32(26)30(20)22;;;/h7-16H,3-6H2,1-2H3;2*1H;/q;;;+4/p-2. The van der Waals surface area contributed by atoms with Gasteiger partial charge in [-0.1, -0.05) is 50.3 Å². The molecule has 0 bridgehead atoms. The van der Waals surface area contributed by atoms with E-state index < -0.39 is 20.8 Å². The number of halogens is 2. The molecule has 10 radical (unpaired) electrons. The minimum atomic E-state index is -0.826. The maximum absolute atomic E-state index is 4.93. The Morgan fingerprint density at radius 1 is 0.571 bits per heavy atom. The summed E-state index contributed by atoms with van der Waals surface area (Å²) in [7, 11) is 9.87. The van der Waals surface area contributed by atoms with E-state index in [2.05, 4.69) is 75.9 Å². The molecule has 35 heavy (non-hydrogen) atoms. The van der Waals surface area contributed by atoms with Gasteiger partial charge in [0.25, 0.3) is 0 Å². The summed E-state index contributed by atoms with van der Waals surface area (Å²) in [6.45, 7) is 4.46. The summed E-state index contributed by atoms with van der Waals surface area (Å²) >= 11 is -0.826. The summed E-state index contributed by atoms with van der Waals surface area (Å²) in [6, 6.07) is 9.67. The zero-order chi connectivity index (χ0) is 23.8. The molecule has 8 rings (SSSR count). The van der Waals surface area contributed by atoms with E-state index in [-0.39, 0.29) is 0 Å². The average Bonchev–Trinajstić information content (AvgIpc) is 3.61. The van der Waals surface area contributed by atoms with Gasteiger partial charge < -0.3 is 0 Å². The molecule has 0 aliphatic heterocycles. The van der Waals surface area contributed by atoms with Crippen LogP contribution in [0.1, 0.15) is 60.1 Å². The second-order valence-electron chi connectivity index (χ2n) is 10.3. The van der Waals surface area contributed by atoms with Gasteiger partial charge in [-0.15, -0.1) is 0 Å². The minimum absolute atomic E-state index is 0.826. The van der Waals surface area contributed by atoms with Crippen molar-refractivity contribution in [3.8, 4) is 11.1 Å². The fourth-order valence-corrected chi connectivity index (χ4v) is 6.93. The molecule has 2 saturated carbocycles. The van der Waals surface area contributed by atoms with Crippen molar-refractivity contribution in [3.63, 3.8) is 0 Å². The number of hydrogen-bond acceptors (Lipinski definition) is 0. The third-order valence-corrected chi connectivity index (χ3v) is 8.17. The van der Waals surface area contributed by atoms with Crippen LogP contribution in [0.15, 0.2) is 36.4 Å². The fraction of sp³-hybridized carbons (Fsp3) is 0.188. The summed E-state index contributed by atoms with van der Waals surface area (Å²) in [5.41, 5.74) is 15.0. The van der Waals surface area contributed by atoms with Crippen molar-refractivity contribution in [2.24, 2.45) is 0 Å². The Morgan fingerprint density at radius 2 is 1.00 bits per heavy atom. The van der Waals surface area contributed by atoms with Gasteiger partial charge in [0, 0.05) is 23.7 Å². The van der Waals surface area contributed by atoms with Crippen LogP contribution in [0, 0.1) is 61.2 Å². The second kappa shape index (κ2) is 9.00. The van der Waals surface area contributed by atoms with E-state index in [9.17, 15) is 0 Å². The Labute approximate surface area is 229 Å². The number of benzene rings is 2. The molecule has 168 valence electrons. The van der Waals surface area contributed by atoms with E-state index in [0.717, 1.165) is 0 Å². The molecule has 0 nitrogen and oxygen atoms in total. The zero-order valence-corrected chi connectivity index (χ0v) is 23.8. The molecule has 0 aromatic heterocycles. The predicted octanol–water partition coefficient (Wildman–Crippen LogP) is 8.44. The van der Waals surface area contributed by atoms with Gasteiger partial charge in [0.1, 0.15) is 0 Å². The molecule has 3 heteroatoms. The van der Waals surface area contributed by atoms with Gasteiger partial charge in [-0.05, 0) is 119 Å². The van der Waals surface area contributed by atoms with Crippen LogP contribution in [0.5, 0.6) is 0 Å². The van der Waals surface area contributed by atoms with Crippen LogP contribution in [0.2, 0.25) is 0 Å². The summed E-state index contributed by atoms with van der Waals surface area (Å²) in [6.07, 6.45) is 19.1. The maximum atomic E-state index is 4.93. The van der Waals surface area contributed by atoms with Crippen LogP contribution in [-0.4, -0.2) is 0 Å². The summed E-state index contributed by atoms with van der Waals surface area (Å²) < 4.78 is 0. The Morgan fingerprint density at radius 3 is 1.43 bits per heavy atom. The van der Waals surface area contributed by atoms with E-state index in [1.165, 1.54) is 117 Å². The first-order valence-corrected chi connectivity index (χ1v) is 18.7. The van der Waals surface area contributed by atoms with Gasteiger partial charge in [0.05, 0.1) is 0 Å². The Hall–Kier alpha value is -0.617. The number of rotatable bonds is 1. The molecule has 0 amide bonds. The van der Waals surface area contributed by atoms with Crippen LogP contribution in [0.25, 0.3) is 22.3 Å². The monoisotopic (exact) mass is 568 g/mol. The molecule has 6 aliphatic carbocycles. The van der Waals surface area contributed by atoms with Gasteiger partial charge in [0.2, 0.25) is 0 Å². The van der Waals surface area contributed by atoms with Crippen molar-refractivity contribution in [2.45, 2.75) is 39.5 Å². The van der Waals surface area contributed by atoms with Gasteiger partial charge in [0.15, 0.2) is 0 Å². The molecule has 0 N–H and O–H groups in total. The molecule has 0 atom stereocenters. The van der Waals surface area contributed by atoms with Crippen molar-refractivity contribution in [1.29, 1.82) is 0 Å². The normalized spacial score (nSPS) is 23.2. The van der Waals surface area contributed by atoms with Crippen molar-refractivity contribution < 1.29 is 20.8 Å². The van der Waals surface area contributed by atoms with Crippen LogP contribution in [0.3, 0.4) is 0 Å². The van der Waals surface area contributed by atoms with Crippen molar-refractivity contribution in [2.75, 3.05) is 0 Å². The third-order valence-electron chi connectivity index (χ3n) is 8.17. The Kier molecular flexibility index (Phi) is 6.04. The first-order valence-electron chi connectivity index (χ1n) is 12.3. The van der Waals surface area contributed by atoms with Gasteiger partial charge >= 0.3 is 37.9 Å². The van der Waals surface area contributed by atoms with Crippen molar-refractivity contribution in [1.82, 2.24) is 0 Å². The van der Waals surface area contributed by atoms with Crippen molar-refractivity contribution >= 4 is 28.2 Å². The van der Waals surface area contributed by atoms with Gasteiger partial charge in [-0.3, -0.25) is 0 Å². The molecular weight excluding hydrogens is 546 g/mol. The van der Waals surface area contributed by atoms with E-state index in [4.69, 9.17) is 17.0 Å². The first kappa shape index (κ1) is 23.5. The SMILES string of the molecule is C[C]1[CH][C]2C=C3CCc4ccc(-c5ccc6c7c5[C]5[CH][C](C)[CH][C]5C=C7CC6)c(c43)[C]2[CH]1.[Cl][Zr+2][Cl]. The zero-order valence-electron chi connectivity index (χ0n) is 19.9. The number of hydrogen-bond donors (Lipinski definition) is 0. The molecule has 6 aliphatic rings. The van der Waals surface area contributed by atoms with Crippen molar-refractivity contribution in [3.05, 3.63) is 131 Å².